The zero-order valence-electron chi connectivity index (χ0n) is 15.2. The standard InChI is InChI=1S/C19H28FN5/c1-13-10-18(23-19(21)22-2)17(20)11-16(13)14-4-8-25(9-5-14)15-6-7-24(3)12-15/h10-11,14-15H,2,4-9,12H2,1,3H3,(H2,21,23). The van der Waals surface area contributed by atoms with Gasteiger partial charge in [0.1, 0.15) is 11.5 Å². The molecule has 0 saturated carbocycles. The summed E-state index contributed by atoms with van der Waals surface area (Å²) >= 11 is 0. The third-order valence-electron chi connectivity index (χ3n) is 5.58. The number of likely N-dealkylation sites (N-methyl/N-ethyl adjacent to an activating group) is 1. The number of likely N-dealkylation sites (tertiary alicyclic amines) is 2. The Morgan fingerprint density at radius 1 is 1.24 bits per heavy atom. The summed E-state index contributed by atoms with van der Waals surface area (Å²) in [6.45, 7) is 9.88. The summed E-state index contributed by atoms with van der Waals surface area (Å²) in [5.41, 5.74) is 7.94. The van der Waals surface area contributed by atoms with Gasteiger partial charge in [-0.25, -0.2) is 14.4 Å². The molecular formula is C19H28FN5. The average molecular weight is 345 g/mol. The van der Waals surface area contributed by atoms with Gasteiger partial charge in [0.05, 0.1) is 0 Å². The zero-order valence-corrected chi connectivity index (χ0v) is 15.2. The number of piperidine rings is 1. The first-order valence-corrected chi connectivity index (χ1v) is 9.01. The molecule has 1 unspecified atom stereocenters. The summed E-state index contributed by atoms with van der Waals surface area (Å²) in [5, 5.41) is 0. The highest BCUT2D eigenvalue weighted by Gasteiger charge is 2.30. The van der Waals surface area contributed by atoms with E-state index in [9.17, 15) is 4.39 Å². The Balaban J connectivity index is 1.69. The molecule has 6 heteroatoms. The van der Waals surface area contributed by atoms with Gasteiger partial charge in [0.25, 0.3) is 0 Å². The van der Waals surface area contributed by atoms with Crippen molar-refractivity contribution in [2.75, 3.05) is 33.2 Å². The molecule has 1 aromatic rings. The van der Waals surface area contributed by atoms with Gasteiger partial charge >= 0.3 is 0 Å². The van der Waals surface area contributed by atoms with E-state index >= 15 is 0 Å². The number of aryl methyl sites for hydroxylation is 1. The molecule has 0 aromatic heterocycles. The maximum absolute atomic E-state index is 14.4. The van der Waals surface area contributed by atoms with Crippen molar-refractivity contribution in [3.8, 4) is 0 Å². The van der Waals surface area contributed by atoms with Gasteiger partial charge in [-0.15, -0.1) is 0 Å². The molecule has 0 aliphatic carbocycles. The molecule has 0 spiro atoms. The Bertz CT molecular complexity index is 664. The molecule has 2 heterocycles. The second-order valence-corrected chi connectivity index (χ2v) is 7.30. The zero-order chi connectivity index (χ0) is 18.0. The first-order chi connectivity index (χ1) is 12.0. The van der Waals surface area contributed by atoms with Crippen molar-refractivity contribution in [1.82, 2.24) is 9.80 Å². The van der Waals surface area contributed by atoms with Gasteiger partial charge in [0, 0.05) is 12.6 Å². The molecule has 2 fully saturated rings. The Morgan fingerprint density at radius 3 is 2.56 bits per heavy atom. The van der Waals surface area contributed by atoms with Crippen molar-refractivity contribution >= 4 is 18.4 Å². The first kappa shape index (κ1) is 18.0. The van der Waals surface area contributed by atoms with Gasteiger partial charge < -0.3 is 10.6 Å². The molecule has 3 rings (SSSR count). The summed E-state index contributed by atoms with van der Waals surface area (Å²) in [6.07, 6.45) is 3.43. The van der Waals surface area contributed by atoms with Crippen LogP contribution in [0.3, 0.4) is 0 Å². The van der Waals surface area contributed by atoms with Crippen LogP contribution in [0.5, 0.6) is 0 Å². The number of hydrogen-bond acceptors (Lipinski definition) is 3. The third-order valence-corrected chi connectivity index (χ3v) is 5.58. The van der Waals surface area contributed by atoms with Gasteiger partial charge in [-0.3, -0.25) is 4.90 Å². The van der Waals surface area contributed by atoms with Crippen LogP contribution in [0, 0.1) is 12.7 Å². The average Bonchev–Trinajstić information content (AvgIpc) is 3.04. The van der Waals surface area contributed by atoms with Crippen LogP contribution in [-0.2, 0) is 0 Å². The van der Waals surface area contributed by atoms with Crippen LogP contribution in [0.25, 0.3) is 0 Å². The van der Waals surface area contributed by atoms with Crippen LogP contribution in [0.2, 0.25) is 0 Å². The minimum absolute atomic E-state index is 0.0131. The Kier molecular flexibility index (Phi) is 5.49. The number of guanidine groups is 1. The summed E-state index contributed by atoms with van der Waals surface area (Å²) in [6, 6.07) is 4.09. The van der Waals surface area contributed by atoms with E-state index < -0.39 is 0 Å². The topological polar surface area (TPSA) is 57.2 Å². The van der Waals surface area contributed by atoms with Crippen LogP contribution in [0.1, 0.15) is 36.3 Å². The minimum atomic E-state index is -0.341. The fraction of sp³-hybridized carbons (Fsp3) is 0.579. The Morgan fingerprint density at radius 2 is 1.96 bits per heavy atom. The smallest absolute Gasteiger partial charge is 0.220 e. The summed E-state index contributed by atoms with van der Waals surface area (Å²) < 4.78 is 14.4. The lowest BCUT2D eigenvalue weighted by Crippen LogP contribution is -2.42. The van der Waals surface area contributed by atoms with Crippen LogP contribution < -0.4 is 5.73 Å². The van der Waals surface area contributed by atoms with Gasteiger partial charge in [0.15, 0.2) is 0 Å². The predicted octanol–water partition coefficient (Wildman–Crippen LogP) is 2.66. The van der Waals surface area contributed by atoms with Crippen LogP contribution in [0.4, 0.5) is 10.1 Å². The van der Waals surface area contributed by atoms with Gasteiger partial charge in [-0.05, 0) is 88.8 Å². The van der Waals surface area contributed by atoms with Crippen molar-refractivity contribution in [2.24, 2.45) is 15.7 Å². The predicted molar refractivity (Wildman–Crippen MR) is 101 cm³/mol. The fourth-order valence-corrected chi connectivity index (χ4v) is 4.15. The highest BCUT2D eigenvalue weighted by atomic mass is 19.1. The van der Waals surface area contributed by atoms with Crippen molar-refractivity contribution in [2.45, 2.75) is 38.1 Å². The molecule has 0 bridgehead atoms. The number of nitrogens with two attached hydrogens (primary N) is 1. The molecular weight excluding hydrogens is 317 g/mol. The number of aliphatic imine (C=N–C) groups is 2. The van der Waals surface area contributed by atoms with E-state index in [1.54, 1.807) is 12.1 Å². The lowest BCUT2D eigenvalue weighted by atomic mass is 9.86. The van der Waals surface area contributed by atoms with Crippen molar-refractivity contribution in [1.29, 1.82) is 0 Å². The quantitative estimate of drug-likeness (QED) is 0.677. The Labute approximate surface area is 149 Å². The molecule has 2 aliphatic rings. The second kappa shape index (κ2) is 7.62. The van der Waals surface area contributed by atoms with E-state index in [4.69, 9.17) is 5.73 Å². The molecule has 5 nitrogen and oxygen atoms in total. The number of rotatable bonds is 3. The van der Waals surface area contributed by atoms with E-state index in [1.165, 1.54) is 19.5 Å². The monoisotopic (exact) mass is 345 g/mol. The lowest BCUT2D eigenvalue weighted by molar-refractivity contribution is 0.154. The molecule has 25 heavy (non-hydrogen) atoms. The van der Waals surface area contributed by atoms with E-state index in [0.717, 1.165) is 37.1 Å². The molecule has 2 N–H and O–H groups in total. The highest BCUT2D eigenvalue weighted by Crippen LogP contribution is 2.34. The Hall–Kier alpha value is -1.79. The van der Waals surface area contributed by atoms with E-state index in [0.29, 0.717) is 12.0 Å². The fourth-order valence-electron chi connectivity index (χ4n) is 4.15. The largest absolute Gasteiger partial charge is 0.368 e. The van der Waals surface area contributed by atoms with Crippen molar-refractivity contribution < 1.29 is 4.39 Å². The molecule has 1 aromatic carbocycles. The number of nitrogens with zero attached hydrogens (tertiary/aromatic N) is 4. The summed E-state index contributed by atoms with van der Waals surface area (Å²) in [5.74, 6) is 0.0609. The van der Waals surface area contributed by atoms with Crippen LogP contribution in [0.15, 0.2) is 22.1 Å². The minimum Gasteiger partial charge on any atom is -0.368 e. The van der Waals surface area contributed by atoms with Crippen molar-refractivity contribution in [3.05, 3.63) is 29.1 Å². The summed E-state index contributed by atoms with van der Waals surface area (Å²) in [7, 11) is 2.19. The van der Waals surface area contributed by atoms with Crippen LogP contribution >= 0.6 is 0 Å². The molecule has 2 aliphatic heterocycles. The maximum atomic E-state index is 14.4. The number of benzene rings is 1. The van der Waals surface area contributed by atoms with E-state index in [1.807, 2.05) is 6.92 Å². The lowest BCUT2D eigenvalue weighted by Gasteiger charge is -2.36. The molecule has 2 saturated heterocycles. The highest BCUT2D eigenvalue weighted by molar-refractivity contribution is 5.84. The van der Waals surface area contributed by atoms with E-state index in [2.05, 4.69) is 33.5 Å². The molecule has 0 radical (unpaired) electrons. The molecule has 1 atom stereocenters. The van der Waals surface area contributed by atoms with Crippen molar-refractivity contribution in [3.63, 3.8) is 0 Å². The molecule has 136 valence electrons. The number of hydrogen-bond donors (Lipinski definition) is 1. The van der Waals surface area contributed by atoms with Gasteiger partial charge in [-0.2, -0.15) is 0 Å². The number of halogens is 1. The normalized spacial score (nSPS) is 24.0. The first-order valence-electron chi connectivity index (χ1n) is 9.01. The summed E-state index contributed by atoms with van der Waals surface area (Å²) in [4.78, 5) is 12.5. The maximum Gasteiger partial charge on any atom is 0.220 e. The van der Waals surface area contributed by atoms with Gasteiger partial charge in [0.2, 0.25) is 5.96 Å². The third kappa shape index (κ3) is 4.07. The van der Waals surface area contributed by atoms with Crippen LogP contribution in [-0.4, -0.2) is 61.7 Å². The molecule has 0 amide bonds. The van der Waals surface area contributed by atoms with E-state index in [-0.39, 0.29) is 17.5 Å². The second-order valence-electron chi connectivity index (χ2n) is 7.30. The SMILES string of the molecule is C=NC(N)=Nc1cc(C)c(C2CCN(C3CCN(C)C3)CC2)cc1F. The van der Waals surface area contributed by atoms with Gasteiger partial charge in [-0.1, -0.05) is 0 Å².